The number of nitrogens with zero attached hydrogens (tertiary/aromatic N) is 1. The summed E-state index contributed by atoms with van der Waals surface area (Å²) in [6.45, 7) is 21.1. The molecule has 21 heteroatoms. The minimum Gasteiger partial charge on any atom is -0.478 e. The Morgan fingerprint density at radius 2 is 1.31 bits per heavy atom. The fourth-order valence-corrected chi connectivity index (χ4v) is 7.25. The maximum absolute atomic E-state index is 14.1. The summed E-state index contributed by atoms with van der Waals surface area (Å²) in [4.78, 5) is 105. The molecule has 0 bridgehead atoms. The summed E-state index contributed by atoms with van der Waals surface area (Å²) in [6, 6.07) is 2.21. The number of carbonyl (C=O) groups excluding carboxylic acids is 7. The highest BCUT2D eigenvalue weighted by Crippen LogP contribution is 2.30. The molecule has 71 heavy (non-hydrogen) atoms. The number of nitrogens with one attached hydrogen (secondary N) is 5. The van der Waals surface area contributed by atoms with Crippen LogP contribution in [0.1, 0.15) is 93.2 Å². The normalized spacial score (nSPS) is 14.1. The zero-order chi connectivity index (χ0) is 53.9. The van der Waals surface area contributed by atoms with Crippen LogP contribution in [-0.2, 0) is 73.9 Å². The monoisotopic (exact) mass is 1010 g/mol. The number of benzene rings is 1. The van der Waals surface area contributed by atoms with Gasteiger partial charge in [0.1, 0.15) is 18.1 Å². The van der Waals surface area contributed by atoms with Crippen LogP contribution in [0.25, 0.3) is 0 Å². The fourth-order valence-electron chi connectivity index (χ4n) is 7.25. The Bertz CT molecular complexity index is 1920. The minimum atomic E-state index is -1.37. The lowest BCUT2D eigenvalue weighted by Crippen LogP contribution is -2.61. The van der Waals surface area contributed by atoms with Crippen LogP contribution in [-0.4, -0.2) is 174 Å². The summed E-state index contributed by atoms with van der Waals surface area (Å²) in [6.07, 6.45) is 0.803. The van der Waals surface area contributed by atoms with Crippen molar-refractivity contribution in [2.75, 3.05) is 86.7 Å². The van der Waals surface area contributed by atoms with Crippen LogP contribution < -0.4 is 32.3 Å². The standard InChI is InChI=1S/C50H83N7O14/c1-13-67-19-20-69-23-24-71-26-25-70-22-21-68-18-17-41(60)55-38(30-40(51)59)45(62)54-34(5)44(61)53-31-37(58)29-35-15-14-16-36(28-35)50(9,10)42(52-11)46(63)56-43(49(6,7)8)47(64)57(12)39(32(2)3)27-33(4)48(65)66/h14-16,27-28,32,34,38-39,42-43,52H,13,17-26,29-31H2,1-12H3,(H2,51,59)(H,53,61)(H,54,62)(H,55,60)(H,56,63)(H,65,66)/b33-27+/t34-,38-,39+,42+,43+/m0/s1. The maximum atomic E-state index is 14.1. The molecule has 1 rings (SSSR count). The predicted octanol–water partition coefficient (Wildman–Crippen LogP) is 1.18. The number of carbonyl (C=O) groups is 8. The first kappa shape index (κ1) is 63.7. The van der Waals surface area contributed by atoms with E-state index in [9.17, 15) is 43.5 Å². The molecule has 0 aliphatic heterocycles. The van der Waals surface area contributed by atoms with Crippen molar-refractivity contribution in [1.29, 1.82) is 0 Å². The largest absolute Gasteiger partial charge is 0.478 e. The Morgan fingerprint density at radius 1 is 0.761 bits per heavy atom. The summed E-state index contributed by atoms with van der Waals surface area (Å²) < 4.78 is 26.8. The second-order valence-electron chi connectivity index (χ2n) is 19.1. The van der Waals surface area contributed by atoms with Crippen LogP contribution in [0.15, 0.2) is 35.9 Å². The average Bonchev–Trinajstić information content (AvgIpc) is 3.29. The molecule has 0 unspecified atom stereocenters. The summed E-state index contributed by atoms with van der Waals surface area (Å²) >= 11 is 0. The molecule has 8 N–H and O–H groups in total. The average molecular weight is 1010 g/mol. The number of nitrogens with two attached hydrogens (primary N) is 1. The number of carboxylic acid groups (broad SMARTS) is 1. The number of primary amides is 1. The Labute approximate surface area is 419 Å². The molecule has 0 aromatic heterocycles. The number of amides is 6. The van der Waals surface area contributed by atoms with E-state index in [0.29, 0.717) is 57.4 Å². The number of rotatable bonds is 36. The molecule has 0 heterocycles. The lowest BCUT2D eigenvalue weighted by atomic mass is 9.76. The van der Waals surface area contributed by atoms with Crippen LogP contribution in [0.2, 0.25) is 0 Å². The molecule has 0 aliphatic carbocycles. The van der Waals surface area contributed by atoms with Crippen molar-refractivity contribution in [2.24, 2.45) is 17.1 Å². The molecule has 402 valence electrons. The van der Waals surface area contributed by atoms with Crippen molar-refractivity contribution in [3.63, 3.8) is 0 Å². The van der Waals surface area contributed by atoms with E-state index in [1.54, 1.807) is 32.3 Å². The number of likely N-dealkylation sites (N-methyl/N-ethyl adjacent to an activating group) is 2. The molecule has 0 saturated carbocycles. The molecule has 0 aliphatic rings. The third-order valence-electron chi connectivity index (χ3n) is 11.4. The van der Waals surface area contributed by atoms with Crippen LogP contribution in [0.3, 0.4) is 0 Å². The van der Waals surface area contributed by atoms with Gasteiger partial charge in [0.15, 0.2) is 5.78 Å². The molecule has 0 fully saturated rings. The highest BCUT2D eigenvalue weighted by atomic mass is 16.6. The number of hydrogen-bond acceptors (Lipinski definition) is 14. The van der Waals surface area contributed by atoms with E-state index >= 15 is 0 Å². The molecule has 0 saturated heterocycles. The Hall–Kier alpha value is -5.32. The molecular weight excluding hydrogens is 923 g/mol. The molecule has 0 radical (unpaired) electrons. The molecule has 21 nitrogen and oxygen atoms in total. The predicted molar refractivity (Wildman–Crippen MR) is 266 cm³/mol. The van der Waals surface area contributed by atoms with E-state index < -0.39 is 83.0 Å². The van der Waals surface area contributed by atoms with Gasteiger partial charge in [-0.15, -0.1) is 0 Å². The van der Waals surface area contributed by atoms with Crippen LogP contribution >= 0.6 is 0 Å². The van der Waals surface area contributed by atoms with Gasteiger partial charge in [0.05, 0.1) is 84.5 Å². The van der Waals surface area contributed by atoms with Crippen LogP contribution in [0.4, 0.5) is 0 Å². The van der Waals surface area contributed by atoms with Crippen molar-refractivity contribution in [3.8, 4) is 0 Å². The number of ether oxygens (including phenoxy) is 5. The molecule has 1 aromatic rings. The first-order chi connectivity index (χ1) is 33.3. The lowest BCUT2D eigenvalue weighted by Gasteiger charge is -2.40. The van der Waals surface area contributed by atoms with E-state index in [2.05, 4.69) is 26.6 Å². The van der Waals surface area contributed by atoms with Gasteiger partial charge in [0.2, 0.25) is 35.4 Å². The SMILES string of the molecule is CCOCCOCCOCCOCCOCCC(=O)N[C@@H](CC(N)=O)C(=O)N[C@@H](C)C(=O)NCC(=O)Cc1cccc(C(C)(C)[C@H](NC)C(=O)N[C@H](C(=O)N(C)[C@H](/C=C(\C)C(=O)O)C(C)C)C(C)(C)C)c1. The van der Waals surface area contributed by atoms with Crippen molar-refractivity contribution in [3.05, 3.63) is 47.0 Å². The van der Waals surface area contributed by atoms with Crippen molar-refractivity contribution >= 4 is 47.2 Å². The fraction of sp³-hybridized carbons (Fsp3) is 0.680. The molecular formula is C50H83N7O14. The second kappa shape index (κ2) is 32.6. The number of aliphatic carboxylic acids is 1. The molecule has 1 aromatic carbocycles. The van der Waals surface area contributed by atoms with Crippen molar-refractivity contribution in [2.45, 2.75) is 124 Å². The summed E-state index contributed by atoms with van der Waals surface area (Å²) in [5, 5.41) is 23.0. The number of Topliss-reactive ketones (excluding diaryl/α,β-unsaturated/α-hetero) is 1. The van der Waals surface area contributed by atoms with Crippen LogP contribution in [0.5, 0.6) is 0 Å². The Morgan fingerprint density at radius 3 is 1.80 bits per heavy atom. The van der Waals surface area contributed by atoms with Gasteiger partial charge < -0.3 is 66.0 Å². The van der Waals surface area contributed by atoms with E-state index in [-0.39, 0.29) is 62.4 Å². The quantitative estimate of drug-likeness (QED) is 0.0367. The Balaban J connectivity index is 2.79. The smallest absolute Gasteiger partial charge is 0.331 e. The number of carboxylic acids is 1. The minimum absolute atomic E-state index is 0.00975. The summed E-state index contributed by atoms with van der Waals surface area (Å²) in [5.41, 5.74) is 5.14. The lowest BCUT2D eigenvalue weighted by molar-refractivity contribution is -0.141. The van der Waals surface area contributed by atoms with E-state index in [0.717, 1.165) is 0 Å². The van der Waals surface area contributed by atoms with E-state index in [1.807, 2.05) is 61.5 Å². The van der Waals surface area contributed by atoms with Crippen LogP contribution in [0, 0.1) is 11.3 Å². The number of ketones is 1. The molecule has 0 spiro atoms. The zero-order valence-corrected chi connectivity index (χ0v) is 44.0. The first-order valence-corrected chi connectivity index (χ1v) is 24.1. The molecule has 5 atom stereocenters. The summed E-state index contributed by atoms with van der Waals surface area (Å²) in [5.74, 6) is -5.37. The highest BCUT2D eigenvalue weighted by molar-refractivity contribution is 5.96. The van der Waals surface area contributed by atoms with Gasteiger partial charge in [-0.3, -0.25) is 33.6 Å². The third-order valence-corrected chi connectivity index (χ3v) is 11.4. The van der Waals surface area contributed by atoms with Gasteiger partial charge in [-0.05, 0) is 50.3 Å². The van der Waals surface area contributed by atoms with E-state index in [4.69, 9.17) is 29.4 Å². The zero-order valence-electron chi connectivity index (χ0n) is 44.0. The van der Waals surface area contributed by atoms with Gasteiger partial charge in [-0.2, -0.15) is 0 Å². The second-order valence-corrected chi connectivity index (χ2v) is 19.1. The van der Waals surface area contributed by atoms with Gasteiger partial charge >= 0.3 is 5.97 Å². The first-order valence-electron chi connectivity index (χ1n) is 24.1. The Kier molecular flexibility index (Phi) is 29.3. The van der Waals surface area contributed by atoms with Gasteiger partial charge in [-0.25, -0.2) is 4.79 Å². The van der Waals surface area contributed by atoms with Gasteiger partial charge in [-0.1, -0.05) is 78.8 Å². The van der Waals surface area contributed by atoms with E-state index in [1.165, 1.54) is 24.8 Å². The molecule has 6 amide bonds. The van der Waals surface area contributed by atoms with Crippen molar-refractivity contribution in [1.82, 2.24) is 31.5 Å². The summed E-state index contributed by atoms with van der Waals surface area (Å²) in [7, 11) is 3.23. The number of hydrogen-bond donors (Lipinski definition) is 7. The van der Waals surface area contributed by atoms with Gasteiger partial charge in [0.25, 0.3) is 0 Å². The van der Waals surface area contributed by atoms with Crippen molar-refractivity contribution < 1.29 is 67.1 Å². The maximum Gasteiger partial charge on any atom is 0.331 e. The highest BCUT2D eigenvalue weighted by Gasteiger charge is 2.42. The third kappa shape index (κ3) is 24.1. The topological polar surface area (TPSA) is 292 Å². The van der Waals surface area contributed by atoms with Gasteiger partial charge in [0, 0.05) is 37.5 Å².